The zero-order valence-electron chi connectivity index (χ0n) is 20.2. The fourth-order valence-corrected chi connectivity index (χ4v) is 4.01. The molecule has 0 aromatic carbocycles. The molecule has 34 heavy (non-hydrogen) atoms. The van der Waals surface area contributed by atoms with Crippen LogP contribution in [-0.2, 0) is 19.1 Å². The highest BCUT2D eigenvalue weighted by atomic mass is 16.5. The Labute approximate surface area is 199 Å². The lowest BCUT2D eigenvalue weighted by atomic mass is 10.0. The van der Waals surface area contributed by atoms with E-state index >= 15 is 0 Å². The average molecular weight is 478 g/mol. The molecule has 3 rings (SSSR count). The van der Waals surface area contributed by atoms with E-state index in [0.717, 1.165) is 6.42 Å². The predicted octanol–water partition coefficient (Wildman–Crippen LogP) is 0.879. The Morgan fingerprint density at radius 3 is 2.53 bits per heavy atom. The van der Waals surface area contributed by atoms with Crippen molar-refractivity contribution in [3.05, 3.63) is 17.3 Å². The van der Waals surface area contributed by atoms with Crippen molar-refractivity contribution in [3.63, 3.8) is 0 Å². The molecule has 0 unspecified atom stereocenters. The number of hydrogen-bond acceptors (Lipinski definition) is 7. The van der Waals surface area contributed by atoms with Crippen molar-refractivity contribution in [2.24, 2.45) is 5.92 Å². The molecule has 1 fully saturated rings. The number of nitrogens with zero attached hydrogens (tertiary/aromatic N) is 1. The zero-order valence-corrected chi connectivity index (χ0v) is 20.2. The first kappa shape index (κ1) is 25.7. The molecule has 2 bridgehead atoms. The summed E-state index contributed by atoms with van der Waals surface area (Å²) in [6, 6.07) is -2.14. The molecule has 1 aromatic heterocycles. The highest BCUT2D eigenvalue weighted by Crippen LogP contribution is 2.24. The van der Waals surface area contributed by atoms with Gasteiger partial charge in [-0.3, -0.25) is 19.2 Å². The largest absolute Gasteiger partial charge is 0.443 e. The molecule has 4 amide bonds. The SMILES string of the molecule is Cc1oc2nc1C(=O)N[C@H](C)C(=O)NCCCC[C@H](NC(=O)[C@@H]1CCCO1)C(=O)N[C@H]2C(C)C. The number of fused-ring (bicyclic) bond motifs is 2. The van der Waals surface area contributed by atoms with Crippen LogP contribution in [0.15, 0.2) is 4.42 Å². The van der Waals surface area contributed by atoms with E-state index in [1.165, 1.54) is 0 Å². The quantitative estimate of drug-likeness (QED) is 0.504. The second-order valence-corrected chi connectivity index (χ2v) is 9.23. The summed E-state index contributed by atoms with van der Waals surface area (Å²) in [6.07, 6.45) is 2.48. The van der Waals surface area contributed by atoms with Crippen molar-refractivity contribution in [3.8, 4) is 0 Å². The molecular formula is C23H35N5O6. The van der Waals surface area contributed by atoms with Gasteiger partial charge < -0.3 is 30.4 Å². The van der Waals surface area contributed by atoms with E-state index in [2.05, 4.69) is 26.3 Å². The maximum absolute atomic E-state index is 13.2. The van der Waals surface area contributed by atoms with E-state index in [4.69, 9.17) is 9.15 Å². The summed E-state index contributed by atoms with van der Waals surface area (Å²) in [6.45, 7) is 7.91. The van der Waals surface area contributed by atoms with Crippen LogP contribution in [0.4, 0.5) is 0 Å². The van der Waals surface area contributed by atoms with Gasteiger partial charge in [0.1, 0.15) is 30.0 Å². The number of rotatable bonds is 3. The third kappa shape index (κ3) is 6.34. The van der Waals surface area contributed by atoms with Gasteiger partial charge in [0.15, 0.2) is 5.69 Å². The smallest absolute Gasteiger partial charge is 0.274 e. The van der Waals surface area contributed by atoms with Crippen LogP contribution in [-0.4, -0.2) is 60.0 Å². The van der Waals surface area contributed by atoms with E-state index in [9.17, 15) is 19.2 Å². The number of carbonyl (C=O) groups is 4. The van der Waals surface area contributed by atoms with Crippen LogP contribution in [0.25, 0.3) is 0 Å². The van der Waals surface area contributed by atoms with Crippen LogP contribution in [0.2, 0.25) is 0 Å². The van der Waals surface area contributed by atoms with E-state index in [1.807, 2.05) is 13.8 Å². The Morgan fingerprint density at radius 1 is 1.09 bits per heavy atom. The van der Waals surface area contributed by atoms with E-state index < -0.39 is 30.1 Å². The van der Waals surface area contributed by atoms with Crippen molar-refractivity contribution in [1.82, 2.24) is 26.3 Å². The van der Waals surface area contributed by atoms with E-state index in [-0.39, 0.29) is 41.0 Å². The van der Waals surface area contributed by atoms with Crippen LogP contribution < -0.4 is 21.3 Å². The second-order valence-electron chi connectivity index (χ2n) is 9.23. The zero-order chi connectivity index (χ0) is 24.8. The van der Waals surface area contributed by atoms with Gasteiger partial charge in [0.2, 0.25) is 23.6 Å². The summed E-state index contributed by atoms with van der Waals surface area (Å²) in [7, 11) is 0. The molecule has 4 N–H and O–H groups in total. The maximum Gasteiger partial charge on any atom is 0.274 e. The number of nitrogens with one attached hydrogen (secondary N) is 4. The Hall–Kier alpha value is -2.95. The predicted molar refractivity (Wildman–Crippen MR) is 122 cm³/mol. The summed E-state index contributed by atoms with van der Waals surface area (Å²) in [5.41, 5.74) is 0.0601. The molecule has 2 aliphatic rings. The number of oxazole rings is 1. The van der Waals surface area contributed by atoms with Gasteiger partial charge in [0, 0.05) is 13.2 Å². The van der Waals surface area contributed by atoms with Gasteiger partial charge in [-0.2, -0.15) is 0 Å². The monoisotopic (exact) mass is 477 g/mol. The number of aromatic nitrogens is 1. The van der Waals surface area contributed by atoms with Crippen molar-refractivity contribution in [2.45, 2.75) is 84.0 Å². The number of aryl methyl sites for hydroxylation is 1. The molecule has 3 heterocycles. The third-order valence-electron chi connectivity index (χ3n) is 6.07. The molecule has 0 saturated carbocycles. The first-order valence-electron chi connectivity index (χ1n) is 12.0. The molecule has 188 valence electrons. The van der Waals surface area contributed by atoms with Crippen LogP contribution in [0.1, 0.15) is 81.1 Å². The lowest BCUT2D eigenvalue weighted by molar-refractivity contribution is -0.135. The standard InChI is InChI=1S/C23H35N5O6/c1-12(2)17-23-28-18(14(4)34-23)22(32)25-13(3)19(29)24-10-6-5-8-15(20(30)27-17)26-21(31)16-9-7-11-33-16/h12-13,15-17H,5-11H2,1-4H3,(H,24,29)(H,25,32)(H,26,31)(H,27,30)/t13-,15+,16+,17+/m1/s1. The van der Waals surface area contributed by atoms with Gasteiger partial charge in [-0.25, -0.2) is 4.98 Å². The van der Waals surface area contributed by atoms with E-state index in [0.29, 0.717) is 38.8 Å². The van der Waals surface area contributed by atoms with Gasteiger partial charge in [0.25, 0.3) is 5.91 Å². The van der Waals surface area contributed by atoms with Crippen molar-refractivity contribution < 1.29 is 28.3 Å². The topological polar surface area (TPSA) is 152 Å². The summed E-state index contributed by atoms with van der Waals surface area (Å²) in [5, 5.41) is 11.2. The minimum Gasteiger partial charge on any atom is -0.443 e. The third-order valence-corrected chi connectivity index (χ3v) is 6.07. The fraction of sp³-hybridized carbons (Fsp3) is 0.696. The van der Waals surface area contributed by atoms with Crippen molar-refractivity contribution >= 4 is 23.6 Å². The minimum absolute atomic E-state index is 0.0601. The van der Waals surface area contributed by atoms with Gasteiger partial charge in [0.05, 0.1) is 0 Å². The molecule has 1 aromatic rings. The molecular weight excluding hydrogens is 442 g/mol. The molecule has 0 spiro atoms. The Balaban J connectivity index is 1.86. The molecule has 0 radical (unpaired) electrons. The summed E-state index contributed by atoms with van der Waals surface area (Å²) >= 11 is 0. The van der Waals surface area contributed by atoms with Crippen LogP contribution in [0, 0.1) is 12.8 Å². The van der Waals surface area contributed by atoms with Crippen molar-refractivity contribution in [2.75, 3.05) is 13.2 Å². The van der Waals surface area contributed by atoms with Gasteiger partial charge in [-0.05, 0) is 51.9 Å². The minimum atomic E-state index is -0.778. The Morgan fingerprint density at radius 2 is 1.85 bits per heavy atom. The number of ether oxygens (including phenoxy) is 1. The average Bonchev–Trinajstić information content (AvgIpc) is 3.45. The van der Waals surface area contributed by atoms with Crippen LogP contribution >= 0.6 is 0 Å². The van der Waals surface area contributed by atoms with E-state index in [1.54, 1.807) is 13.8 Å². The first-order chi connectivity index (χ1) is 16.2. The fourth-order valence-electron chi connectivity index (χ4n) is 4.01. The molecule has 0 aliphatic carbocycles. The number of hydrogen-bond donors (Lipinski definition) is 4. The second kappa shape index (κ2) is 11.5. The number of amides is 4. The molecule has 2 aliphatic heterocycles. The Kier molecular flexibility index (Phi) is 8.65. The van der Waals surface area contributed by atoms with Crippen LogP contribution in [0.3, 0.4) is 0 Å². The summed E-state index contributed by atoms with van der Waals surface area (Å²) < 4.78 is 11.2. The maximum atomic E-state index is 13.2. The number of carbonyl (C=O) groups excluding carboxylic acids is 4. The molecule has 11 nitrogen and oxygen atoms in total. The summed E-state index contributed by atoms with van der Waals surface area (Å²) in [5.74, 6) is -1.14. The van der Waals surface area contributed by atoms with Crippen molar-refractivity contribution in [1.29, 1.82) is 0 Å². The summed E-state index contributed by atoms with van der Waals surface area (Å²) in [4.78, 5) is 55.3. The normalized spacial score (nSPS) is 27.1. The van der Waals surface area contributed by atoms with Gasteiger partial charge in [-0.1, -0.05) is 13.8 Å². The van der Waals surface area contributed by atoms with Gasteiger partial charge >= 0.3 is 0 Å². The highest BCUT2D eigenvalue weighted by molar-refractivity contribution is 5.96. The lowest BCUT2D eigenvalue weighted by Crippen LogP contribution is -2.51. The molecule has 4 atom stereocenters. The van der Waals surface area contributed by atoms with Crippen LogP contribution in [0.5, 0.6) is 0 Å². The van der Waals surface area contributed by atoms with Gasteiger partial charge in [-0.15, -0.1) is 0 Å². The molecule has 11 heteroatoms. The Bertz CT molecular complexity index is 908. The lowest BCUT2D eigenvalue weighted by Gasteiger charge is -2.25. The highest BCUT2D eigenvalue weighted by Gasteiger charge is 2.32. The molecule has 1 saturated heterocycles. The first-order valence-corrected chi connectivity index (χ1v) is 12.0.